The number of anilines is 1. The molecule has 1 aromatic rings. The van der Waals surface area contributed by atoms with E-state index in [-0.39, 0.29) is 6.42 Å². The molecule has 5 nitrogen and oxygen atoms in total. The summed E-state index contributed by atoms with van der Waals surface area (Å²) in [6, 6.07) is 0. The molecule has 0 unspecified atom stereocenters. The minimum Gasteiger partial charge on any atom is -0.481 e. The van der Waals surface area contributed by atoms with Crippen LogP contribution in [0.1, 0.15) is 12.1 Å². The van der Waals surface area contributed by atoms with Gasteiger partial charge in [0.1, 0.15) is 0 Å². The van der Waals surface area contributed by atoms with Crippen molar-refractivity contribution < 1.29 is 9.90 Å². The lowest BCUT2D eigenvalue weighted by atomic mass is 10.2. The molecule has 1 aliphatic heterocycles. The molecule has 1 N–H and O–H groups in total. The van der Waals surface area contributed by atoms with Crippen molar-refractivity contribution in [2.75, 3.05) is 18.5 Å². The highest BCUT2D eigenvalue weighted by Crippen LogP contribution is 2.19. The summed E-state index contributed by atoms with van der Waals surface area (Å²) in [5, 5.41) is 8.53. The summed E-state index contributed by atoms with van der Waals surface area (Å²) in [4.78, 5) is 16.8. The second-order valence-corrected chi connectivity index (χ2v) is 3.54. The molecular formula is C9H13N3O2. The molecule has 1 aromatic heterocycles. The quantitative estimate of drug-likeness (QED) is 0.756. The van der Waals surface area contributed by atoms with E-state index in [1.54, 1.807) is 0 Å². The van der Waals surface area contributed by atoms with Crippen LogP contribution < -0.4 is 4.90 Å². The van der Waals surface area contributed by atoms with Crippen LogP contribution in [-0.4, -0.2) is 34.2 Å². The molecule has 5 heteroatoms. The lowest BCUT2D eigenvalue weighted by Gasteiger charge is -2.05. The van der Waals surface area contributed by atoms with Crippen molar-refractivity contribution in [3.05, 3.63) is 11.9 Å². The van der Waals surface area contributed by atoms with E-state index in [1.165, 1.54) is 0 Å². The summed E-state index contributed by atoms with van der Waals surface area (Å²) in [5.41, 5.74) is 0.869. The highest BCUT2D eigenvalue weighted by atomic mass is 16.4. The van der Waals surface area contributed by atoms with Gasteiger partial charge in [-0.3, -0.25) is 4.79 Å². The van der Waals surface area contributed by atoms with Gasteiger partial charge in [-0.15, -0.1) is 0 Å². The predicted octanol–water partition coefficient (Wildman–Crippen LogP) is 0.350. The van der Waals surface area contributed by atoms with Crippen molar-refractivity contribution in [2.24, 2.45) is 0 Å². The fourth-order valence-electron chi connectivity index (χ4n) is 1.64. The number of hydrogen-bond donors (Lipinski definition) is 1. The number of rotatable bonds is 3. The molecule has 0 bridgehead atoms. The first-order valence-corrected chi connectivity index (χ1v) is 4.66. The molecule has 0 aliphatic carbocycles. The standard InChI is InChI=1S/C9H13N3O2/c1-11-4-5-12-6-7(10-9(11)12)2-3-8(13)14/h6H,2-5H2,1H3,(H,13,14). The van der Waals surface area contributed by atoms with Gasteiger partial charge < -0.3 is 14.6 Å². The van der Waals surface area contributed by atoms with Gasteiger partial charge in [0.25, 0.3) is 0 Å². The van der Waals surface area contributed by atoms with E-state index in [0.29, 0.717) is 6.42 Å². The van der Waals surface area contributed by atoms with Crippen LogP contribution in [0.15, 0.2) is 6.20 Å². The maximum atomic E-state index is 10.4. The molecular weight excluding hydrogens is 182 g/mol. The van der Waals surface area contributed by atoms with Crippen molar-refractivity contribution >= 4 is 11.9 Å². The van der Waals surface area contributed by atoms with E-state index >= 15 is 0 Å². The summed E-state index contributed by atoms with van der Waals surface area (Å²) in [6.45, 7) is 1.94. The van der Waals surface area contributed by atoms with Gasteiger partial charge in [0.05, 0.1) is 12.1 Å². The van der Waals surface area contributed by atoms with Crippen LogP contribution in [0, 0.1) is 0 Å². The Bertz CT molecular complexity index is 359. The molecule has 0 saturated carbocycles. The minimum absolute atomic E-state index is 0.153. The first-order chi connectivity index (χ1) is 6.66. The van der Waals surface area contributed by atoms with E-state index in [1.807, 2.05) is 13.2 Å². The zero-order chi connectivity index (χ0) is 10.1. The van der Waals surface area contributed by atoms with Crippen molar-refractivity contribution in [3.63, 3.8) is 0 Å². The van der Waals surface area contributed by atoms with Gasteiger partial charge in [0, 0.05) is 32.8 Å². The third-order valence-electron chi connectivity index (χ3n) is 2.42. The summed E-state index contributed by atoms with van der Waals surface area (Å²) in [5.74, 6) is 0.178. The first-order valence-electron chi connectivity index (χ1n) is 4.66. The minimum atomic E-state index is -0.772. The fourth-order valence-corrected chi connectivity index (χ4v) is 1.64. The molecule has 0 amide bonds. The van der Waals surface area contributed by atoms with Gasteiger partial charge in [0.2, 0.25) is 5.95 Å². The van der Waals surface area contributed by atoms with Crippen LogP contribution in [-0.2, 0) is 17.8 Å². The molecule has 1 aliphatic rings. The molecule has 2 rings (SSSR count). The lowest BCUT2D eigenvalue weighted by molar-refractivity contribution is -0.136. The van der Waals surface area contributed by atoms with Gasteiger partial charge in [0.15, 0.2) is 0 Å². The maximum absolute atomic E-state index is 10.4. The number of nitrogens with zero attached hydrogens (tertiary/aromatic N) is 3. The first kappa shape index (κ1) is 9.05. The Balaban J connectivity index is 2.07. The summed E-state index contributed by atoms with van der Waals surface area (Å²) in [7, 11) is 1.99. The Labute approximate surface area is 82.0 Å². The van der Waals surface area contributed by atoms with E-state index in [4.69, 9.17) is 5.11 Å². The van der Waals surface area contributed by atoms with Crippen LogP contribution in [0.3, 0.4) is 0 Å². The molecule has 76 valence electrons. The van der Waals surface area contributed by atoms with Crippen LogP contribution in [0.4, 0.5) is 5.95 Å². The molecule has 0 radical (unpaired) electrons. The average molecular weight is 195 g/mol. The Morgan fingerprint density at radius 1 is 1.64 bits per heavy atom. The Morgan fingerprint density at radius 3 is 3.07 bits per heavy atom. The Morgan fingerprint density at radius 2 is 2.43 bits per heavy atom. The van der Waals surface area contributed by atoms with Crippen LogP contribution in [0.25, 0.3) is 0 Å². The molecule has 0 atom stereocenters. The van der Waals surface area contributed by atoms with E-state index in [2.05, 4.69) is 14.5 Å². The van der Waals surface area contributed by atoms with E-state index in [0.717, 1.165) is 24.7 Å². The van der Waals surface area contributed by atoms with Gasteiger partial charge in [-0.2, -0.15) is 0 Å². The second kappa shape index (κ2) is 3.32. The number of carboxylic acids is 1. The van der Waals surface area contributed by atoms with Crippen LogP contribution >= 0.6 is 0 Å². The van der Waals surface area contributed by atoms with Crippen molar-refractivity contribution in [3.8, 4) is 0 Å². The largest absolute Gasteiger partial charge is 0.481 e. The number of aryl methyl sites for hydroxylation is 1. The number of hydrogen-bond acceptors (Lipinski definition) is 3. The Hall–Kier alpha value is -1.52. The SMILES string of the molecule is CN1CCn2cc(CCC(=O)O)nc21. The monoisotopic (exact) mass is 195 g/mol. The van der Waals surface area contributed by atoms with Crippen LogP contribution in [0.5, 0.6) is 0 Å². The molecule has 0 saturated heterocycles. The molecule has 0 fully saturated rings. The smallest absolute Gasteiger partial charge is 0.303 e. The summed E-state index contributed by atoms with van der Waals surface area (Å²) >= 11 is 0. The van der Waals surface area contributed by atoms with Gasteiger partial charge >= 0.3 is 5.97 Å². The zero-order valence-corrected chi connectivity index (χ0v) is 8.10. The number of carboxylic acid groups (broad SMARTS) is 1. The van der Waals surface area contributed by atoms with Gasteiger partial charge in [-0.05, 0) is 0 Å². The number of fused-ring (bicyclic) bond motifs is 1. The molecule has 0 spiro atoms. The topological polar surface area (TPSA) is 58.4 Å². The number of carbonyl (C=O) groups is 1. The van der Waals surface area contributed by atoms with Gasteiger partial charge in [-0.1, -0.05) is 0 Å². The number of imidazole rings is 1. The highest BCUT2D eigenvalue weighted by Gasteiger charge is 2.18. The highest BCUT2D eigenvalue weighted by molar-refractivity contribution is 5.67. The average Bonchev–Trinajstić information content (AvgIpc) is 2.65. The predicted molar refractivity (Wildman–Crippen MR) is 51.5 cm³/mol. The van der Waals surface area contributed by atoms with Crippen molar-refractivity contribution in [1.29, 1.82) is 0 Å². The van der Waals surface area contributed by atoms with Gasteiger partial charge in [-0.25, -0.2) is 4.98 Å². The number of aliphatic carboxylic acids is 1. The van der Waals surface area contributed by atoms with E-state index in [9.17, 15) is 4.79 Å². The molecule has 0 aromatic carbocycles. The number of likely N-dealkylation sites (N-methyl/N-ethyl adjacent to an activating group) is 1. The van der Waals surface area contributed by atoms with Crippen LogP contribution in [0.2, 0.25) is 0 Å². The lowest BCUT2D eigenvalue weighted by Crippen LogP contribution is -2.13. The Kier molecular flexibility index (Phi) is 2.15. The summed E-state index contributed by atoms with van der Waals surface area (Å²) in [6.07, 6.45) is 2.62. The zero-order valence-electron chi connectivity index (χ0n) is 8.10. The normalized spacial score (nSPS) is 14.5. The third kappa shape index (κ3) is 1.57. The maximum Gasteiger partial charge on any atom is 0.303 e. The van der Waals surface area contributed by atoms with Crippen molar-refractivity contribution in [2.45, 2.75) is 19.4 Å². The van der Waals surface area contributed by atoms with Crippen molar-refractivity contribution in [1.82, 2.24) is 9.55 Å². The third-order valence-corrected chi connectivity index (χ3v) is 2.42. The molecule has 2 heterocycles. The summed E-state index contributed by atoms with van der Waals surface area (Å²) < 4.78 is 2.07. The molecule has 14 heavy (non-hydrogen) atoms. The van der Waals surface area contributed by atoms with E-state index < -0.39 is 5.97 Å². The fraction of sp³-hybridized carbons (Fsp3) is 0.556. The number of aromatic nitrogens is 2. The second-order valence-electron chi connectivity index (χ2n) is 3.54.